The minimum Gasteiger partial charge on any atom is -0.333 e. The molecule has 3 rings (SSSR count). The van der Waals surface area contributed by atoms with E-state index in [1.54, 1.807) is 23.8 Å². The highest BCUT2D eigenvalue weighted by molar-refractivity contribution is 7.13. The average molecular weight is 317 g/mol. The zero-order valence-electron chi connectivity index (χ0n) is 12.5. The number of aromatic nitrogens is 3. The molecule has 1 fully saturated rings. The van der Waals surface area contributed by atoms with Gasteiger partial charge in [0.25, 0.3) is 5.91 Å². The highest BCUT2D eigenvalue weighted by Gasteiger charge is 2.31. The van der Waals surface area contributed by atoms with Crippen LogP contribution in [0.15, 0.2) is 23.8 Å². The predicted octanol–water partition coefficient (Wildman–Crippen LogP) is 1.94. The molecule has 116 valence electrons. The van der Waals surface area contributed by atoms with Crippen LogP contribution in [0, 0.1) is 0 Å². The number of amides is 1. The van der Waals surface area contributed by atoms with Crippen LogP contribution in [0.2, 0.25) is 0 Å². The Hall–Kier alpha value is -1.86. The van der Waals surface area contributed by atoms with Crippen molar-refractivity contribution in [1.29, 1.82) is 0 Å². The molecule has 1 aliphatic rings. The van der Waals surface area contributed by atoms with Crippen LogP contribution in [0.25, 0.3) is 10.8 Å². The van der Waals surface area contributed by atoms with E-state index in [0.29, 0.717) is 16.5 Å². The van der Waals surface area contributed by atoms with E-state index in [1.165, 1.54) is 11.3 Å². The Balaban J connectivity index is 1.82. The predicted molar refractivity (Wildman–Crippen MR) is 85.5 cm³/mol. The lowest BCUT2D eigenvalue weighted by molar-refractivity contribution is 0.0578. The van der Waals surface area contributed by atoms with Crippen LogP contribution in [0.4, 0.5) is 0 Å². The maximum absolute atomic E-state index is 12.7. The summed E-state index contributed by atoms with van der Waals surface area (Å²) in [6, 6.07) is 1.82. The molecule has 0 aromatic carbocycles. The molecule has 0 spiro atoms. The van der Waals surface area contributed by atoms with Crippen molar-refractivity contribution in [2.75, 3.05) is 6.54 Å². The van der Waals surface area contributed by atoms with Crippen LogP contribution in [0.1, 0.15) is 36.7 Å². The Morgan fingerprint density at radius 2 is 2.18 bits per heavy atom. The van der Waals surface area contributed by atoms with Gasteiger partial charge in [-0.15, -0.1) is 11.3 Å². The summed E-state index contributed by atoms with van der Waals surface area (Å²) in [6.45, 7) is 2.71. The third-order valence-electron chi connectivity index (χ3n) is 3.90. The Bertz CT molecular complexity index is 642. The molecule has 2 atom stereocenters. The lowest BCUT2D eigenvalue weighted by Gasteiger charge is -2.37. The van der Waals surface area contributed by atoms with Gasteiger partial charge in [-0.05, 0) is 32.3 Å². The number of rotatable bonds is 3. The van der Waals surface area contributed by atoms with Crippen molar-refractivity contribution in [2.24, 2.45) is 5.73 Å². The van der Waals surface area contributed by atoms with E-state index >= 15 is 0 Å². The van der Waals surface area contributed by atoms with Crippen LogP contribution >= 0.6 is 11.3 Å². The molecular formula is C15H19N5OS. The first-order valence-electron chi connectivity index (χ1n) is 7.46. The average Bonchev–Trinajstić information content (AvgIpc) is 3.05. The molecule has 0 unspecified atom stereocenters. The fourth-order valence-corrected chi connectivity index (χ4v) is 3.53. The van der Waals surface area contributed by atoms with Crippen molar-refractivity contribution < 1.29 is 4.79 Å². The molecule has 3 heterocycles. The first-order valence-corrected chi connectivity index (χ1v) is 8.34. The number of likely N-dealkylation sites (tertiary alicyclic amines) is 1. The van der Waals surface area contributed by atoms with Crippen LogP contribution < -0.4 is 5.73 Å². The summed E-state index contributed by atoms with van der Waals surface area (Å²) in [4.78, 5) is 27.4. The molecule has 22 heavy (non-hydrogen) atoms. The molecule has 7 heteroatoms. The van der Waals surface area contributed by atoms with E-state index < -0.39 is 0 Å². The van der Waals surface area contributed by atoms with E-state index in [0.717, 1.165) is 25.8 Å². The standard InChI is InChI=1S/C15H19N5OS/c1-10(16)12-5-2-3-8-20(12)15(21)11-9-22-14(19-11)13-17-6-4-7-18-13/h4,6-7,9-10,12H,2-3,5,8,16H2,1H3/t10-,12-/m0/s1. The number of nitrogens with two attached hydrogens (primary N) is 1. The topological polar surface area (TPSA) is 85.0 Å². The summed E-state index contributed by atoms with van der Waals surface area (Å²) in [5.41, 5.74) is 6.50. The zero-order valence-corrected chi connectivity index (χ0v) is 13.3. The molecule has 0 bridgehead atoms. The number of hydrogen-bond donors (Lipinski definition) is 1. The second-order valence-corrected chi connectivity index (χ2v) is 6.39. The lowest BCUT2D eigenvalue weighted by atomic mass is 9.96. The smallest absolute Gasteiger partial charge is 0.273 e. The molecule has 2 N–H and O–H groups in total. The van der Waals surface area contributed by atoms with Crippen molar-refractivity contribution in [2.45, 2.75) is 38.3 Å². The van der Waals surface area contributed by atoms with Crippen LogP contribution in [-0.2, 0) is 0 Å². The summed E-state index contributed by atoms with van der Waals surface area (Å²) < 4.78 is 0. The number of carbonyl (C=O) groups is 1. The SMILES string of the molecule is C[C@H](N)[C@@H]1CCCCN1C(=O)c1csc(-c2ncccn2)n1. The van der Waals surface area contributed by atoms with Crippen LogP contribution in [-0.4, -0.2) is 44.4 Å². The van der Waals surface area contributed by atoms with Gasteiger partial charge in [0.05, 0.1) is 0 Å². The number of thiazole rings is 1. The number of hydrogen-bond acceptors (Lipinski definition) is 6. The van der Waals surface area contributed by atoms with E-state index in [9.17, 15) is 4.79 Å². The van der Waals surface area contributed by atoms with Gasteiger partial charge in [0, 0.05) is 36.4 Å². The van der Waals surface area contributed by atoms with E-state index in [2.05, 4.69) is 15.0 Å². The summed E-state index contributed by atoms with van der Waals surface area (Å²) >= 11 is 1.39. The van der Waals surface area contributed by atoms with Gasteiger partial charge >= 0.3 is 0 Å². The maximum Gasteiger partial charge on any atom is 0.273 e. The van der Waals surface area contributed by atoms with Gasteiger partial charge in [0.2, 0.25) is 0 Å². The highest BCUT2D eigenvalue weighted by atomic mass is 32.1. The molecule has 1 saturated heterocycles. The largest absolute Gasteiger partial charge is 0.333 e. The fourth-order valence-electron chi connectivity index (χ4n) is 2.79. The first-order chi connectivity index (χ1) is 10.7. The minimum absolute atomic E-state index is 0.0280. The van der Waals surface area contributed by atoms with Crippen molar-refractivity contribution >= 4 is 17.2 Å². The zero-order chi connectivity index (χ0) is 15.5. The van der Waals surface area contributed by atoms with Gasteiger partial charge < -0.3 is 10.6 Å². The molecule has 6 nitrogen and oxygen atoms in total. The quantitative estimate of drug-likeness (QED) is 0.935. The molecule has 1 amide bonds. The van der Waals surface area contributed by atoms with Crippen molar-refractivity contribution in [3.05, 3.63) is 29.5 Å². The number of carbonyl (C=O) groups excluding carboxylic acids is 1. The number of nitrogens with zero attached hydrogens (tertiary/aromatic N) is 4. The molecule has 2 aromatic heterocycles. The fraction of sp³-hybridized carbons (Fsp3) is 0.467. The summed E-state index contributed by atoms with van der Waals surface area (Å²) in [6.07, 6.45) is 6.44. The second kappa shape index (κ2) is 6.50. The van der Waals surface area contributed by atoms with E-state index in [-0.39, 0.29) is 18.0 Å². The van der Waals surface area contributed by atoms with Crippen LogP contribution in [0.3, 0.4) is 0 Å². The molecule has 1 aliphatic heterocycles. The minimum atomic E-state index is -0.0413. The van der Waals surface area contributed by atoms with Crippen LogP contribution in [0.5, 0.6) is 0 Å². The van der Waals surface area contributed by atoms with Gasteiger partial charge in [0.15, 0.2) is 10.8 Å². The second-order valence-electron chi connectivity index (χ2n) is 5.53. The first kappa shape index (κ1) is 15.1. The number of piperidine rings is 1. The Morgan fingerprint density at radius 1 is 1.41 bits per heavy atom. The lowest BCUT2D eigenvalue weighted by Crippen LogP contribution is -2.51. The molecule has 0 saturated carbocycles. The van der Waals surface area contributed by atoms with Gasteiger partial charge in [-0.1, -0.05) is 0 Å². The summed E-state index contributed by atoms with van der Waals surface area (Å²) in [5, 5.41) is 2.44. The van der Waals surface area contributed by atoms with Gasteiger partial charge in [-0.3, -0.25) is 4.79 Å². The third kappa shape index (κ3) is 3.00. The Labute approximate surface area is 133 Å². The third-order valence-corrected chi connectivity index (χ3v) is 4.74. The van der Waals surface area contributed by atoms with Crippen molar-refractivity contribution in [3.63, 3.8) is 0 Å². The van der Waals surface area contributed by atoms with Crippen molar-refractivity contribution in [1.82, 2.24) is 19.9 Å². The molecule has 2 aromatic rings. The Kier molecular flexibility index (Phi) is 4.44. The monoisotopic (exact) mass is 317 g/mol. The summed E-state index contributed by atoms with van der Waals surface area (Å²) in [7, 11) is 0. The maximum atomic E-state index is 12.7. The Morgan fingerprint density at radius 3 is 2.91 bits per heavy atom. The van der Waals surface area contributed by atoms with Gasteiger partial charge in [-0.2, -0.15) is 0 Å². The van der Waals surface area contributed by atoms with Gasteiger partial charge in [0.1, 0.15) is 5.69 Å². The molecule has 0 radical (unpaired) electrons. The summed E-state index contributed by atoms with van der Waals surface area (Å²) in [5.74, 6) is 0.509. The van der Waals surface area contributed by atoms with Gasteiger partial charge in [-0.25, -0.2) is 15.0 Å². The highest BCUT2D eigenvalue weighted by Crippen LogP contribution is 2.24. The molecular weight excluding hydrogens is 298 g/mol. The normalized spacial score (nSPS) is 19.9. The van der Waals surface area contributed by atoms with Crippen molar-refractivity contribution in [3.8, 4) is 10.8 Å². The van der Waals surface area contributed by atoms with E-state index in [1.807, 2.05) is 11.8 Å². The van der Waals surface area contributed by atoms with E-state index in [4.69, 9.17) is 5.73 Å². The molecule has 0 aliphatic carbocycles.